The van der Waals surface area contributed by atoms with Crippen molar-refractivity contribution in [1.82, 2.24) is 15.0 Å². The Balaban J connectivity index is 2.60. The van der Waals surface area contributed by atoms with E-state index in [-0.39, 0.29) is 5.95 Å². The summed E-state index contributed by atoms with van der Waals surface area (Å²) in [4.78, 5) is 14.3. The predicted molar refractivity (Wildman–Crippen MR) is 75.8 cm³/mol. The van der Waals surface area contributed by atoms with E-state index in [1.165, 1.54) is 19.3 Å². The number of anilines is 3. The Bertz CT molecular complexity index is 366. The van der Waals surface area contributed by atoms with E-state index in [2.05, 4.69) is 34.1 Å². The Morgan fingerprint density at radius 3 is 2.56 bits per heavy atom. The average molecular weight is 252 g/mol. The van der Waals surface area contributed by atoms with Gasteiger partial charge in [0, 0.05) is 20.1 Å². The summed E-state index contributed by atoms with van der Waals surface area (Å²) in [5.74, 6) is 1.37. The minimum atomic E-state index is 0.247. The molecule has 1 aromatic heterocycles. The van der Waals surface area contributed by atoms with Crippen LogP contribution >= 0.6 is 0 Å². The van der Waals surface area contributed by atoms with Gasteiger partial charge in [0.1, 0.15) is 0 Å². The molecule has 6 heteroatoms. The second kappa shape index (κ2) is 6.98. The number of hydrogen-bond donors (Lipinski definition) is 2. The number of nitrogen functional groups attached to an aromatic ring is 1. The number of nitrogens with two attached hydrogens (primary N) is 1. The summed E-state index contributed by atoms with van der Waals surface area (Å²) in [5.41, 5.74) is 5.67. The van der Waals surface area contributed by atoms with Crippen LogP contribution in [0.3, 0.4) is 0 Å². The molecule has 6 nitrogen and oxygen atoms in total. The molecule has 0 bridgehead atoms. The Morgan fingerprint density at radius 1 is 1.22 bits per heavy atom. The van der Waals surface area contributed by atoms with Crippen molar-refractivity contribution in [3.05, 3.63) is 0 Å². The first-order valence-corrected chi connectivity index (χ1v) is 6.48. The molecule has 0 radical (unpaired) electrons. The minimum absolute atomic E-state index is 0.247. The van der Waals surface area contributed by atoms with E-state index < -0.39 is 0 Å². The van der Waals surface area contributed by atoms with Crippen LogP contribution < -0.4 is 16.0 Å². The van der Waals surface area contributed by atoms with E-state index in [9.17, 15) is 0 Å². The highest BCUT2D eigenvalue weighted by Gasteiger charge is 2.08. The molecule has 102 valence electrons. The number of aromatic nitrogens is 3. The first-order chi connectivity index (χ1) is 8.52. The van der Waals surface area contributed by atoms with Crippen molar-refractivity contribution in [1.29, 1.82) is 0 Å². The molecule has 0 aliphatic rings. The summed E-state index contributed by atoms with van der Waals surface area (Å²) in [7, 11) is 3.76. The van der Waals surface area contributed by atoms with Crippen LogP contribution in [0.2, 0.25) is 0 Å². The first-order valence-electron chi connectivity index (χ1n) is 6.48. The zero-order valence-electron chi connectivity index (χ0n) is 11.8. The van der Waals surface area contributed by atoms with Gasteiger partial charge in [0.25, 0.3) is 0 Å². The van der Waals surface area contributed by atoms with Crippen LogP contribution in [0.5, 0.6) is 0 Å². The highest BCUT2D eigenvalue weighted by Crippen LogP contribution is 2.12. The molecule has 1 rings (SSSR count). The fraction of sp³-hybridized carbons (Fsp3) is 0.750. The largest absolute Gasteiger partial charge is 0.368 e. The lowest BCUT2D eigenvalue weighted by atomic mass is 10.1. The molecule has 0 aliphatic carbocycles. The summed E-state index contributed by atoms with van der Waals surface area (Å²) in [6.45, 7) is 4.33. The van der Waals surface area contributed by atoms with Gasteiger partial charge in [-0.25, -0.2) is 0 Å². The highest BCUT2D eigenvalue weighted by atomic mass is 15.3. The average Bonchev–Trinajstić information content (AvgIpc) is 2.28. The van der Waals surface area contributed by atoms with Crippen LogP contribution in [0.4, 0.5) is 17.8 Å². The van der Waals surface area contributed by atoms with Gasteiger partial charge in [-0.3, -0.25) is 0 Å². The fourth-order valence-electron chi connectivity index (χ4n) is 1.64. The van der Waals surface area contributed by atoms with E-state index >= 15 is 0 Å². The molecule has 0 saturated carbocycles. The summed E-state index contributed by atoms with van der Waals surface area (Å²) in [5, 5.41) is 3.27. The van der Waals surface area contributed by atoms with Crippen molar-refractivity contribution >= 4 is 17.8 Å². The van der Waals surface area contributed by atoms with Crippen molar-refractivity contribution in [2.45, 2.75) is 45.6 Å². The third-order valence-corrected chi connectivity index (χ3v) is 2.66. The van der Waals surface area contributed by atoms with Crippen LogP contribution in [0, 0.1) is 0 Å². The Kier molecular flexibility index (Phi) is 5.61. The van der Waals surface area contributed by atoms with Crippen molar-refractivity contribution in [3.63, 3.8) is 0 Å². The van der Waals surface area contributed by atoms with Gasteiger partial charge in [0.2, 0.25) is 17.8 Å². The molecule has 1 aromatic rings. The molecule has 0 fully saturated rings. The minimum Gasteiger partial charge on any atom is -0.368 e. The number of nitrogens with zero attached hydrogens (tertiary/aromatic N) is 4. The second-order valence-electron chi connectivity index (χ2n) is 4.75. The topological polar surface area (TPSA) is 80.0 Å². The maximum atomic E-state index is 5.67. The lowest BCUT2D eigenvalue weighted by Crippen LogP contribution is -2.20. The predicted octanol–water partition coefficient (Wildman–Crippen LogP) is 1.90. The molecule has 0 aliphatic heterocycles. The van der Waals surface area contributed by atoms with Crippen LogP contribution in [0.25, 0.3) is 0 Å². The molecule has 0 saturated heterocycles. The number of unbranched alkanes of at least 4 members (excludes halogenated alkanes) is 2. The third-order valence-electron chi connectivity index (χ3n) is 2.66. The van der Waals surface area contributed by atoms with Gasteiger partial charge in [0.15, 0.2) is 0 Å². The Morgan fingerprint density at radius 2 is 1.94 bits per heavy atom. The van der Waals surface area contributed by atoms with Gasteiger partial charge >= 0.3 is 0 Å². The normalized spacial score (nSPS) is 12.2. The van der Waals surface area contributed by atoms with Crippen LogP contribution in [0.1, 0.15) is 39.5 Å². The molecule has 1 heterocycles. The third kappa shape index (κ3) is 4.73. The van der Waals surface area contributed by atoms with E-state index in [0.29, 0.717) is 17.9 Å². The zero-order chi connectivity index (χ0) is 13.5. The quantitative estimate of drug-likeness (QED) is 0.721. The summed E-state index contributed by atoms with van der Waals surface area (Å²) in [6.07, 6.45) is 4.81. The van der Waals surface area contributed by atoms with Gasteiger partial charge in [-0.15, -0.1) is 0 Å². The van der Waals surface area contributed by atoms with Gasteiger partial charge in [-0.2, -0.15) is 15.0 Å². The smallest absolute Gasteiger partial charge is 0.231 e. The van der Waals surface area contributed by atoms with Gasteiger partial charge < -0.3 is 16.0 Å². The molecule has 1 atom stereocenters. The molecule has 1 unspecified atom stereocenters. The van der Waals surface area contributed by atoms with Crippen LogP contribution in [-0.2, 0) is 0 Å². The lowest BCUT2D eigenvalue weighted by Gasteiger charge is -2.16. The van der Waals surface area contributed by atoms with E-state index in [4.69, 9.17) is 5.73 Å². The summed E-state index contributed by atoms with van der Waals surface area (Å²) >= 11 is 0. The van der Waals surface area contributed by atoms with Crippen LogP contribution in [-0.4, -0.2) is 35.1 Å². The molecule has 0 amide bonds. The van der Waals surface area contributed by atoms with Crippen molar-refractivity contribution in [2.75, 3.05) is 30.0 Å². The SMILES string of the molecule is CCCCCC(C)Nc1nc(N)nc(N(C)C)n1. The maximum Gasteiger partial charge on any atom is 0.231 e. The van der Waals surface area contributed by atoms with Crippen LogP contribution in [0.15, 0.2) is 0 Å². The standard InChI is InChI=1S/C12H24N6/c1-5-6-7-8-9(2)14-11-15-10(13)16-12(17-11)18(3)4/h9H,5-8H2,1-4H3,(H3,13,14,15,16,17). The van der Waals surface area contributed by atoms with Crippen molar-refractivity contribution in [3.8, 4) is 0 Å². The molecule has 0 spiro atoms. The van der Waals surface area contributed by atoms with Crippen molar-refractivity contribution in [2.24, 2.45) is 0 Å². The summed E-state index contributed by atoms with van der Waals surface area (Å²) in [6, 6.07) is 0.341. The molecular formula is C12H24N6. The number of rotatable bonds is 7. The Labute approximate surface area is 109 Å². The highest BCUT2D eigenvalue weighted by molar-refractivity contribution is 5.41. The zero-order valence-corrected chi connectivity index (χ0v) is 11.8. The molecule has 18 heavy (non-hydrogen) atoms. The van der Waals surface area contributed by atoms with E-state index in [0.717, 1.165) is 6.42 Å². The fourth-order valence-corrected chi connectivity index (χ4v) is 1.64. The number of hydrogen-bond acceptors (Lipinski definition) is 6. The first kappa shape index (κ1) is 14.5. The van der Waals surface area contributed by atoms with E-state index in [1.807, 2.05) is 19.0 Å². The second-order valence-corrected chi connectivity index (χ2v) is 4.75. The van der Waals surface area contributed by atoms with Crippen molar-refractivity contribution < 1.29 is 0 Å². The monoisotopic (exact) mass is 252 g/mol. The van der Waals surface area contributed by atoms with Gasteiger partial charge in [-0.05, 0) is 13.3 Å². The number of nitrogens with one attached hydrogen (secondary N) is 1. The summed E-state index contributed by atoms with van der Waals surface area (Å²) < 4.78 is 0. The maximum absolute atomic E-state index is 5.67. The lowest BCUT2D eigenvalue weighted by molar-refractivity contribution is 0.612. The van der Waals surface area contributed by atoms with E-state index in [1.54, 1.807) is 0 Å². The van der Waals surface area contributed by atoms with Gasteiger partial charge in [-0.1, -0.05) is 26.2 Å². The molecule has 0 aromatic carbocycles. The Hall–Kier alpha value is -1.59. The molecule has 3 N–H and O–H groups in total. The molecular weight excluding hydrogens is 228 g/mol. The van der Waals surface area contributed by atoms with Gasteiger partial charge in [0.05, 0.1) is 0 Å².